The van der Waals surface area contributed by atoms with Crippen LogP contribution in [0.3, 0.4) is 0 Å². The predicted octanol–water partition coefficient (Wildman–Crippen LogP) is 3.31. The van der Waals surface area contributed by atoms with Crippen molar-refractivity contribution < 1.29 is 14.3 Å². The van der Waals surface area contributed by atoms with Crippen molar-refractivity contribution in [2.75, 3.05) is 19.4 Å². The van der Waals surface area contributed by atoms with Gasteiger partial charge in [0.15, 0.2) is 0 Å². The second kappa shape index (κ2) is 8.29. The van der Waals surface area contributed by atoms with Crippen LogP contribution in [0.4, 0.5) is 5.69 Å². The number of carbonyl (C=O) groups excluding carboxylic acids is 2. The summed E-state index contributed by atoms with van der Waals surface area (Å²) in [6.07, 6.45) is 4.02. The van der Waals surface area contributed by atoms with Gasteiger partial charge in [-0.15, -0.1) is 0 Å². The molecule has 5 heteroatoms. The van der Waals surface area contributed by atoms with E-state index in [0.29, 0.717) is 17.2 Å². The Balaban J connectivity index is 2.00. The van der Waals surface area contributed by atoms with Crippen molar-refractivity contribution in [3.63, 3.8) is 0 Å². The topological polar surface area (TPSA) is 58.6 Å². The highest BCUT2D eigenvalue weighted by Crippen LogP contribution is 2.26. The first-order valence-electron chi connectivity index (χ1n) is 8.65. The highest BCUT2D eigenvalue weighted by Gasteiger charge is 2.25. The van der Waals surface area contributed by atoms with Gasteiger partial charge in [0.25, 0.3) is 11.8 Å². The first-order valence-corrected chi connectivity index (χ1v) is 8.65. The molecule has 0 spiro atoms. The van der Waals surface area contributed by atoms with Crippen LogP contribution in [0.25, 0.3) is 0 Å². The highest BCUT2D eigenvalue weighted by molar-refractivity contribution is 6.04. The van der Waals surface area contributed by atoms with Crippen LogP contribution < -0.4 is 5.32 Å². The van der Waals surface area contributed by atoms with Gasteiger partial charge in [-0.2, -0.15) is 0 Å². The van der Waals surface area contributed by atoms with E-state index in [1.807, 2.05) is 0 Å². The second-order valence-corrected chi connectivity index (χ2v) is 6.91. The monoisotopic (exact) mass is 332 g/mol. The minimum absolute atomic E-state index is 0.138. The molecule has 0 bridgehead atoms. The normalized spacial score (nSPS) is 21.8. The molecule has 1 N–H and O–H groups in total. The molecule has 1 aliphatic rings. The molecule has 1 aromatic carbocycles. The van der Waals surface area contributed by atoms with Crippen LogP contribution in [0.2, 0.25) is 0 Å². The van der Waals surface area contributed by atoms with Gasteiger partial charge in [0.1, 0.15) is 6.10 Å². The lowest BCUT2D eigenvalue weighted by atomic mass is 9.88. The van der Waals surface area contributed by atoms with Gasteiger partial charge in [0, 0.05) is 14.1 Å². The van der Waals surface area contributed by atoms with E-state index >= 15 is 0 Å². The number of carbonyl (C=O) groups is 2. The SMILES string of the molecule is C[C@@H]1CCC[C@@H](O[C@@H](C)C(=O)Nc2ccccc2C(=O)N(C)C)C1. The zero-order chi connectivity index (χ0) is 17.7. The van der Waals surface area contributed by atoms with Crippen LogP contribution >= 0.6 is 0 Å². The summed E-state index contributed by atoms with van der Waals surface area (Å²) in [6.45, 7) is 3.99. The maximum Gasteiger partial charge on any atom is 0.255 e. The third-order valence-corrected chi connectivity index (χ3v) is 4.48. The Bertz CT molecular complexity index is 586. The van der Waals surface area contributed by atoms with Crippen molar-refractivity contribution >= 4 is 17.5 Å². The number of anilines is 1. The van der Waals surface area contributed by atoms with E-state index in [-0.39, 0.29) is 17.9 Å². The van der Waals surface area contributed by atoms with Crippen LogP contribution in [-0.4, -0.2) is 43.0 Å². The van der Waals surface area contributed by atoms with E-state index in [1.165, 1.54) is 11.3 Å². The van der Waals surface area contributed by atoms with Crippen LogP contribution in [0.5, 0.6) is 0 Å². The average Bonchev–Trinajstić information content (AvgIpc) is 2.54. The summed E-state index contributed by atoms with van der Waals surface area (Å²) in [5, 5.41) is 2.84. The molecular weight excluding hydrogens is 304 g/mol. The second-order valence-electron chi connectivity index (χ2n) is 6.91. The molecule has 132 valence electrons. The Morgan fingerprint density at radius 1 is 1.25 bits per heavy atom. The molecule has 0 heterocycles. The molecule has 1 saturated carbocycles. The van der Waals surface area contributed by atoms with E-state index in [0.717, 1.165) is 19.3 Å². The van der Waals surface area contributed by atoms with Crippen molar-refractivity contribution in [2.24, 2.45) is 5.92 Å². The third-order valence-electron chi connectivity index (χ3n) is 4.48. The van der Waals surface area contributed by atoms with E-state index in [4.69, 9.17) is 4.74 Å². The lowest BCUT2D eigenvalue weighted by molar-refractivity contribution is -0.131. The summed E-state index contributed by atoms with van der Waals surface area (Å²) in [5.41, 5.74) is 1.00. The molecule has 1 fully saturated rings. The van der Waals surface area contributed by atoms with Crippen LogP contribution in [-0.2, 0) is 9.53 Å². The number of rotatable bonds is 5. The number of nitrogens with zero attached hydrogens (tertiary/aromatic N) is 1. The molecule has 5 nitrogen and oxygen atoms in total. The van der Waals surface area contributed by atoms with Gasteiger partial charge < -0.3 is 15.0 Å². The molecule has 0 radical (unpaired) electrons. The predicted molar refractivity (Wildman–Crippen MR) is 95.1 cm³/mol. The molecule has 3 atom stereocenters. The van der Waals surface area contributed by atoms with Gasteiger partial charge in [-0.1, -0.05) is 31.9 Å². The van der Waals surface area contributed by atoms with Gasteiger partial charge in [-0.05, 0) is 37.8 Å². The number of amides is 2. The fraction of sp³-hybridized carbons (Fsp3) is 0.579. The van der Waals surface area contributed by atoms with Crippen LogP contribution in [0.15, 0.2) is 24.3 Å². The van der Waals surface area contributed by atoms with Crippen LogP contribution in [0.1, 0.15) is 49.9 Å². The average molecular weight is 332 g/mol. The molecule has 2 rings (SSSR count). The third kappa shape index (κ3) is 4.81. The lowest BCUT2D eigenvalue weighted by Crippen LogP contribution is -2.34. The molecular formula is C19H28N2O3. The van der Waals surface area contributed by atoms with Crippen molar-refractivity contribution in [1.29, 1.82) is 0 Å². The summed E-state index contributed by atoms with van der Waals surface area (Å²) in [5.74, 6) is 0.297. The number of hydrogen-bond acceptors (Lipinski definition) is 3. The van der Waals surface area contributed by atoms with Gasteiger partial charge >= 0.3 is 0 Å². The summed E-state index contributed by atoms with van der Waals surface area (Å²) in [7, 11) is 3.38. The van der Waals surface area contributed by atoms with Crippen molar-refractivity contribution in [3.05, 3.63) is 29.8 Å². The molecule has 1 aromatic rings. The maximum absolute atomic E-state index is 12.5. The Morgan fingerprint density at radius 3 is 2.62 bits per heavy atom. The van der Waals surface area contributed by atoms with Crippen molar-refractivity contribution in [3.8, 4) is 0 Å². The number of nitrogens with one attached hydrogen (secondary N) is 1. The quantitative estimate of drug-likeness (QED) is 0.900. The minimum atomic E-state index is -0.539. The van der Waals surface area contributed by atoms with Gasteiger partial charge in [-0.3, -0.25) is 9.59 Å². The number of benzene rings is 1. The lowest BCUT2D eigenvalue weighted by Gasteiger charge is -2.29. The highest BCUT2D eigenvalue weighted by atomic mass is 16.5. The first-order chi connectivity index (χ1) is 11.4. The van der Waals surface area contributed by atoms with E-state index < -0.39 is 6.10 Å². The fourth-order valence-corrected chi connectivity index (χ4v) is 3.11. The van der Waals surface area contributed by atoms with Gasteiger partial charge in [-0.25, -0.2) is 0 Å². The van der Waals surface area contributed by atoms with Gasteiger partial charge in [0.05, 0.1) is 17.4 Å². The summed E-state index contributed by atoms with van der Waals surface area (Å²) < 4.78 is 5.94. The molecule has 0 aromatic heterocycles. The Kier molecular flexibility index (Phi) is 6.37. The fourth-order valence-electron chi connectivity index (χ4n) is 3.11. The molecule has 0 aliphatic heterocycles. The Hall–Kier alpha value is -1.88. The van der Waals surface area contributed by atoms with E-state index in [9.17, 15) is 9.59 Å². The smallest absolute Gasteiger partial charge is 0.255 e. The van der Waals surface area contributed by atoms with E-state index in [2.05, 4.69) is 12.2 Å². The van der Waals surface area contributed by atoms with Crippen LogP contribution in [0, 0.1) is 5.92 Å². The van der Waals surface area contributed by atoms with E-state index in [1.54, 1.807) is 45.3 Å². The van der Waals surface area contributed by atoms with Crippen molar-refractivity contribution in [1.82, 2.24) is 4.90 Å². The number of hydrogen-bond donors (Lipinski definition) is 1. The zero-order valence-corrected chi connectivity index (χ0v) is 15.0. The summed E-state index contributed by atoms with van der Waals surface area (Å²) >= 11 is 0. The standard InChI is InChI=1S/C19H28N2O3/c1-13-8-7-9-15(12-13)24-14(2)18(22)20-17-11-6-5-10-16(17)19(23)21(3)4/h5-6,10-11,13-15H,7-9,12H2,1-4H3,(H,20,22)/t13-,14+,15-/m1/s1. The molecule has 0 unspecified atom stereocenters. The summed E-state index contributed by atoms with van der Waals surface area (Å²) in [4.78, 5) is 26.2. The Morgan fingerprint density at radius 2 is 1.96 bits per heavy atom. The first kappa shape index (κ1) is 18.5. The molecule has 1 aliphatic carbocycles. The zero-order valence-electron chi connectivity index (χ0n) is 15.0. The minimum Gasteiger partial charge on any atom is -0.365 e. The summed E-state index contributed by atoms with van der Waals surface area (Å²) in [6, 6.07) is 7.04. The molecule has 2 amide bonds. The largest absolute Gasteiger partial charge is 0.365 e. The van der Waals surface area contributed by atoms with Gasteiger partial charge in [0.2, 0.25) is 0 Å². The number of ether oxygens (including phenoxy) is 1. The molecule has 0 saturated heterocycles. The van der Waals surface area contributed by atoms with Crippen molar-refractivity contribution in [2.45, 2.75) is 51.7 Å². The molecule has 24 heavy (non-hydrogen) atoms. The maximum atomic E-state index is 12.5. The number of para-hydroxylation sites is 1. The Labute approximate surface area is 144 Å².